The smallest absolute Gasteiger partial charge is 0.295 e. The standard InChI is InChI=1S/C20H17ClN2O7S3/c1-29-20(24)19-17(8-9-31-19)32(25,26)22-14-7-6-13(21)11-15(14)23-33(27,28)18-10-12-4-2-3-5-16(12)30-18/h2-11,20,22-24H,1H3. The molecule has 174 valence electrons. The number of nitrogens with one attached hydrogen (secondary N) is 2. The Balaban J connectivity index is 1.69. The fraction of sp³-hybridized carbons (Fsp3) is 0.100. The fourth-order valence-corrected chi connectivity index (χ4v) is 6.70. The van der Waals surface area contributed by atoms with Crippen molar-refractivity contribution >= 4 is 65.3 Å². The lowest BCUT2D eigenvalue weighted by Gasteiger charge is -2.15. The summed E-state index contributed by atoms with van der Waals surface area (Å²) in [6.07, 6.45) is -1.44. The number of benzene rings is 2. The van der Waals surface area contributed by atoms with Gasteiger partial charge in [0.25, 0.3) is 20.0 Å². The lowest BCUT2D eigenvalue weighted by Crippen LogP contribution is -2.18. The van der Waals surface area contributed by atoms with Gasteiger partial charge in [0, 0.05) is 23.6 Å². The molecule has 13 heteroatoms. The predicted molar refractivity (Wildman–Crippen MR) is 126 cm³/mol. The molecule has 2 heterocycles. The Labute approximate surface area is 198 Å². The van der Waals surface area contributed by atoms with Crippen LogP contribution >= 0.6 is 22.9 Å². The second kappa shape index (κ2) is 8.97. The van der Waals surface area contributed by atoms with E-state index in [0.29, 0.717) is 11.0 Å². The molecule has 0 aliphatic heterocycles. The molecule has 0 saturated carbocycles. The number of furan rings is 1. The molecule has 33 heavy (non-hydrogen) atoms. The number of ether oxygens (including phenoxy) is 1. The van der Waals surface area contributed by atoms with Crippen LogP contribution in [0.1, 0.15) is 11.2 Å². The lowest BCUT2D eigenvalue weighted by atomic mass is 10.3. The topological polar surface area (TPSA) is 135 Å². The average molecular weight is 529 g/mol. The largest absolute Gasteiger partial charge is 0.443 e. The highest BCUT2D eigenvalue weighted by Crippen LogP contribution is 2.34. The molecule has 2 aromatic carbocycles. The van der Waals surface area contributed by atoms with Crippen LogP contribution in [0, 0.1) is 0 Å². The number of rotatable bonds is 8. The molecular formula is C20H17ClN2O7S3. The number of thiophene rings is 1. The van der Waals surface area contributed by atoms with Crippen LogP contribution in [0.2, 0.25) is 5.02 Å². The third-order valence-corrected chi connectivity index (χ3v) is 8.49. The molecule has 0 bridgehead atoms. The molecule has 2 aromatic heterocycles. The van der Waals surface area contributed by atoms with Crippen molar-refractivity contribution in [3.63, 3.8) is 0 Å². The molecule has 0 aliphatic carbocycles. The van der Waals surface area contributed by atoms with E-state index in [-0.39, 0.29) is 31.3 Å². The maximum Gasteiger partial charge on any atom is 0.295 e. The van der Waals surface area contributed by atoms with Crippen molar-refractivity contribution in [1.29, 1.82) is 0 Å². The summed E-state index contributed by atoms with van der Waals surface area (Å²) in [5.41, 5.74) is 0.185. The van der Waals surface area contributed by atoms with Crippen LogP contribution in [-0.2, 0) is 24.8 Å². The van der Waals surface area contributed by atoms with E-state index >= 15 is 0 Å². The van der Waals surface area contributed by atoms with Gasteiger partial charge in [-0.25, -0.2) is 8.42 Å². The van der Waals surface area contributed by atoms with E-state index in [1.807, 2.05) is 0 Å². The Hall–Kier alpha value is -2.61. The molecule has 0 saturated heterocycles. The summed E-state index contributed by atoms with van der Waals surface area (Å²) in [5, 5.41) is 11.8. The molecule has 0 amide bonds. The second-order valence-corrected chi connectivity index (χ2v) is 11.4. The summed E-state index contributed by atoms with van der Waals surface area (Å²) in [6, 6.07) is 13.4. The van der Waals surface area contributed by atoms with E-state index in [1.165, 1.54) is 42.8 Å². The molecule has 9 nitrogen and oxygen atoms in total. The summed E-state index contributed by atoms with van der Waals surface area (Å²) in [5.74, 6) is 0. The zero-order valence-corrected chi connectivity index (χ0v) is 20.1. The SMILES string of the molecule is COC(O)c1sccc1S(=O)(=O)Nc1ccc(Cl)cc1NS(=O)(=O)c1cc2ccccc2o1. The van der Waals surface area contributed by atoms with Crippen LogP contribution < -0.4 is 9.44 Å². The molecule has 0 radical (unpaired) electrons. The summed E-state index contributed by atoms with van der Waals surface area (Å²) < 4.78 is 66.8. The Morgan fingerprint density at radius 3 is 2.45 bits per heavy atom. The van der Waals surface area contributed by atoms with E-state index in [2.05, 4.69) is 9.44 Å². The number of fused-ring (bicyclic) bond motifs is 1. The molecule has 0 aliphatic rings. The molecular weight excluding hydrogens is 512 g/mol. The third-order valence-electron chi connectivity index (χ3n) is 4.53. The van der Waals surface area contributed by atoms with E-state index < -0.39 is 26.3 Å². The van der Waals surface area contributed by atoms with Gasteiger partial charge in [-0.1, -0.05) is 29.8 Å². The van der Waals surface area contributed by atoms with Crippen molar-refractivity contribution in [2.24, 2.45) is 0 Å². The predicted octanol–water partition coefficient (Wildman–Crippen LogP) is 4.39. The molecule has 0 spiro atoms. The number of hydrogen-bond donors (Lipinski definition) is 3. The minimum atomic E-state index is -4.22. The Kier molecular flexibility index (Phi) is 6.40. The van der Waals surface area contributed by atoms with Crippen LogP contribution in [0.5, 0.6) is 0 Å². The average Bonchev–Trinajstić information content (AvgIpc) is 3.43. The van der Waals surface area contributed by atoms with Gasteiger partial charge < -0.3 is 14.3 Å². The summed E-state index contributed by atoms with van der Waals surface area (Å²) in [4.78, 5) is -0.133. The number of para-hydroxylation sites is 1. The van der Waals surface area contributed by atoms with E-state index in [9.17, 15) is 21.9 Å². The van der Waals surface area contributed by atoms with Gasteiger partial charge in [0.2, 0.25) is 5.09 Å². The highest BCUT2D eigenvalue weighted by Gasteiger charge is 2.27. The number of hydrogen-bond acceptors (Lipinski definition) is 8. The zero-order valence-electron chi connectivity index (χ0n) is 16.9. The van der Waals surface area contributed by atoms with Crippen LogP contribution in [0.4, 0.5) is 11.4 Å². The van der Waals surface area contributed by atoms with Crippen molar-refractivity contribution in [2.75, 3.05) is 16.6 Å². The highest BCUT2D eigenvalue weighted by atomic mass is 35.5. The van der Waals surface area contributed by atoms with Gasteiger partial charge in [-0.3, -0.25) is 9.44 Å². The summed E-state index contributed by atoms with van der Waals surface area (Å²) in [7, 11) is -7.20. The normalized spacial score (nSPS) is 13.2. The van der Waals surface area contributed by atoms with E-state index in [0.717, 1.165) is 11.3 Å². The molecule has 4 aromatic rings. The van der Waals surface area contributed by atoms with E-state index in [4.69, 9.17) is 20.8 Å². The van der Waals surface area contributed by atoms with Gasteiger partial charge in [0.15, 0.2) is 6.29 Å². The van der Waals surface area contributed by atoms with Crippen LogP contribution in [0.25, 0.3) is 11.0 Å². The number of aliphatic hydroxyl groups is 1. The first kappa shape index (κ1) is 23.5. The number of anilines is 2. The van der Waals surface area contributed by atoms with Gasteiger partial charge in [-0.05, 0) is 35.7 Å². The fourth-order valence-electron chi connectivity index (χ4n) is 2.99. The Bertz CT molecular complexity index is 1500. The first-order chi connectivity index (χ1) is 15.6. The number of methoxy groups -OCH3 is 1. The van der Waals surface area contributed by atoms with Crippen LogP contribution in [-0.4, -0.2) is 29.1 Å². The van der Waals surface area contributed by atoms with Crippen molar-refractivity contribution in [3.05, 3.63) is 69.9 Å². The minimum Gasteiger partial charge on any atom is -0.443 e. The molecule has 3 N–H and O–H groups in total. The first-order valence-electron chi connectivity index (χ1n) is 9.23. The van der Waals surface area contributed by atoms with Crippen molar-refractivity contribution in [1.82, 2.24) is 0 Å². The number of sulfonamides is 2. The van der Waals surface area contributed by atoms with Crippen LogP contribution in [0.3, 0.4) is 0 Å². The van der Waals surface area contributed by atoms with Crippen molar-refractivity contribution in [2.45, 2.75) is 16.3 Å². The van der Waals surface area contributed by atoms with E-state index in [1.54, 1.807) is 24.3 Å². The zero-order chi connectivity index (χ0) is 23.8. The lowest BCUT2D eigenvalue weighted by molar-refractivity contribution is -0.0760. The maximum absolute atomic E-state index is 13.0. The van der Waals surface area contributed by atoms with Gasteiger partial charge in [-0.15, -0.1) is 11.3 Å². The monoisotopic (exact) mass is 528 g/mol. The van der Waals surface area contributed by atoms with Crippen molar-refractivity contribution in [3.8, 4) is 0 Å². The number of halogens is 1. The maximum atomic E-state index is 13.0. The Morgan fingerprint density at radius 2 is 1.73 bits per heavy atom. The van der Waals surface area contributed by atoms with Gasteiger partial charge >= 0.3 is 0 Å². The Morgan fingerprint density at radius 1 is 1.00 bits per heavy atom. The molecule has 4 rings (SSSR count). The van der Waals surface area contributed by atoms with Crippen molar-refractivity contribution < 1.29 is 31.1 Å². The minimum absolute atomic E-state index is 0.0726. The quantitative estimate of drug-likeness (QED) is 0.289. The molecule has 1 atom stereocenters. The molecule has 0 fully saturated rings. The summed E-state index contributed by atoms with van der Waals surface area (Å²) >= 11 is 7.03. The third kappa shape index (κ3) is 4.86. The van der Waals surface area contributed by atoms with Crippen LogP contribution in [0.15, 0.2) is 74.4 Å². The van der Waals surface area contributed by atoms with Gasteiger partial charge in [0.1, 0.15) is 10.5 Å². The highest BCUT2D eigenvalue weighted by molar-refractivity contribution is 7.93. The van der Waals surface area contributed by atoms with Gasteiger partial charge in [-0.2, -0.15) is 8.42 Å². The molecule has 1 unspecified atom stereocenters. The number of aliphatic hydroxyl groups excluding tert-OH is 1. The first-order valence-corrected chi connectivity index (χ1v) is 13.4. The van der Waals surface area contributed by atoms with Gasteiger partial charge in [0.05, 0.1) is 16.3 Å². The summed E-state index contributed by atoms with van der Waals surface area (Å²) in [6.45, 7) is 0. The second-order valence-electron chi connectivity index (χ2n) is 6.74.